The first-order valence-corrected chi connectivity index (χ1v) is 9.72. The first-order valence-electron chi connectivity index (χ1n) is 9.35. The molecule has 8 heteroatoms. The molecule has 3 aromatic carbocycles. The summed E-state index contributed by atoms with van der Waals surface area (Å²) in [6.45, 7) is 0.125. The zero-order valence-corrected chi connectivity index (χ0v) is 16.8. The summed E-state index contributed by atoms with van der Waals surface area (Å²) in [5.74, 6) is -0.435. The third-order valence-electron chi connectivity index (χ3n) is 4.79. The fraction of sp³-hybridized carbons (Fsp3) is 0.130. The Morgan fingerprint density at radius 1 is 0.935 bits per heavy atom. The van der Waals surface area contributed by atoms with Gasteiger partial charge in [-0.2, -0.15) is 13.2 Å². The molecule has 1 heterocycles. The highest BCUT2D eigenvalue weighted by Gasteiger charge is 2.35. The van der Waals surface area contributed by atoms with Crippen LogP contribution in [-0.4, -0.2) is 11.6 Å². The lowest BCUT2D eigenvalue weighted by molar-refractivity contribution is -0.137. The minimum Gasteiger partial charge on any atom is -0.390 e. The van der Waals surface area contributed by atoms with Gasteiger partial charge in [0.1, 0.15) is 6.61 Å². The van der Waals surface area contributed by atoms with E-state index in [1.165, 1.54) is 11.0 Å². The standard InChI is InChI=1S/C23H16ClF3N2O2/c24-18-10-8-15(9-11-18)14-31-28-21-19-6-1-2-7-20(19)29(22(21)30)13-16-4-3-5-17(12-16)23(25,26)27/h1-12H,13-14H2. The number of halogens is 4. The van der Waals surface area contributed by atoms with Crippen molar-refractivity contribution in [3.8, 4) is 0 Å². The van der Waals surface area contributed by atoms with Gasteiger partial charge in [0.25, 0.3) is 5.91 Å². The Hall–Kier alpha value is -3.32. The van der Waals surface area contributed by atoms with Gasteiger partial charge in [-0.05, 0) is 41.5 Å². The lowest BCUT2D eigenvalue weighted by atomic mass is 10.1. The topological polar surface area (TPSA) is 41.9 Å². The van der Waals surface area contributed by atoms with E-state index < -0.39 is 17.6 Å². The average molecular weight is 445 g/mol. The first-order chi connectivity index (χ1) is 14.8. The Kier molecular flexibility index (Phi) is 5.69. The zero-order valence-electron chi connectivity index (χ0n) is 16.1. The van der Waals surface area contributed by atoms with E-state index >= 15 is 0 Å². The molecule has 1 aliphatic rings. The van der Waals surface area contributed by atoms with Crippen molar-refractivity contribution < 1.29 is 22.8 Å². The number of benzene rings is 3. The van der Waals surface area contributed by atoms with E-state index in [2.05, 4.69) is 5.16 Å². The molecule has 0 radical (unpaired) electrons. The van der Waals surface area contributed by atoms with Gasteiger partial charge in [-0.1, -0.05) is 59.2 Å². The molecule has 0 fully saturated rings. The van der Waals surface area contributed by atoms with E-state index in [-0.39, 0.29) is 18.9 Å². The Bertz CT molecular complexity index is 1140. The number of hydrogen-bond donors (Lipinski definition) is 0. The lowest BCUT2D eigenvalue weighted by Gasteiger charge is -2.17. The van der Waals surface area contributed by atoms with Gasteiger partial charge < -0.3 is 9.74 Å². The minimum atomic E-state index is -4.45. The van der Waals surface area contributed by atoms with Gasteiger partial charge in [0.2, 0.25) is 0 Å². The third kappa shape index (κ3) is 4.56. The fourth-order valence-corrected chi connectivity index (χ4v) is 3.41. The normalized spacial score (nSPS) is 14.8. The SMILES string of the molecule is O=C1C(=NOCc2ccc(Cl)cc2)c2ccccc2N1Cc1cccc(C(F)(F)F)c1. The Labute approximate surface area is 181 Å². The number of para-hydroxylation sites is 1. The van der Waals surface area contributed by atoms with Crippen molar-refractivity contribution in [2.24, 2.45) is 5.16 Å². The van der Waals surface area contributed by atoms with Gasteiger partial charge in [-0.15, -0.1) is 0 Å². The molecular formula is C23H16ClF3N2O2. The van der Waals surface area contributed by atoms with Crippen molar-refractivity contribution in [1.29, 1.82) is 0 Å². The molecule has 158 valence electrons. The predicted molar refractivity (Wildman–Crippen MR) is 112 cm³/mol. The van der Waals surface area contributed by atoms with E-state index in [0.29, 0.717) is 21.8 Å². The number of hydrogen-bond acceptors (Lipinski definition) is 3. The van der Waals surface area contributed by atoms with Crippen LogP contribution in [0.5, 0.6) is 0 Å². The van der Waals surface area contributed by atoms with E-state index in [1.807, 2.05) is 0 Å². The summed E-state index contributed by atoms with van der Waals surface area (Å²) < 4.78 is 39.1. The summed E-state index contributed by atoms with van der Waals surface area (Å²) in [5, 5.41) is 4.62. The largest absolute Gasteiger partial charge is 0.416 e. The highest BCUT2D eigenvalue weighted by molar-refractivity contribution is 6.54. The smallest absolute Gasteiger partial charge is 0.390 e. The van der Waals surface area contributed by atoms with Crippen molar-refractivity contribution in [3.63, 3.8) is 0 Å². The molecule has 4 nitrogen and oxygen atoms in total. The molecule has 0 aromatic heterocycles. The van der Waals surface area contributed by atoms with Crippen molar-refractivity contribution in [2.75, 3.05) is 4.90 Å². The second-order valence-electron chi connectivity index (χ2n) is 6.95. The van der Waals surface area contributed by atoms with Gasteiger partial charge in [0, 0.05) is 10.6 Å². The number of fused-ring (bicyclic) bond motifs is 1. The lowest BCUT2D eigenvalue weighted by Crippen LogP contribution is -2.29. The highest BCUT2D eigenvalue weighted by Crippen LogP contribution is 2.33. The monoisotopic (exact) mass is 444 g/mol. The summed E-state index contributed by atoms with van der Waals surface area (Å²) in [6, 6.07) is 18.9. The van der Waals surface area contributed by atoms with E-state index in [1.54, 1.807) is 54.6 Å². The van der Waals surface area contributed by atoms with Crippen LogP contribution in [-0.2, 0) is 29.0 Å². The van der Waals surface area contributed by atoms with Crippen molar-refractivity contribution in [1.82, 2.24) is 0 Å². The molecule has 0 saturated carbocycles. The molecule has 1 aliphatic heterocycles. The van der Waals surface area contributed by atoms with Crippen LogP contribution in [0, 0.1) is 0 Å². The summed E-state index contributed by atoms with van der Waals surface area (Å²) in [5.41, 5.74) is 1.67. The molecular weight excluding hydrogens is 429 g/mol. The summed E-state index contributed by atoms with van der Waals surface area (Å²) in [7, 11) is 0. The summed E-state index contributed by atoms with van der Waals surface area (Å²) in [4.78, 5) is 19.8. The molecule has 1 amide bonds. The predicted octanol–water partition coefficient (Wildman–Crippen LogP) is 5.83. The van der Waals surface area contributed by atoms with Crippen molar-refractivity contribution in [2.45, 2.75) is 19.3 Å². The van der Waals surface area contributed by atoms with Crippen LogP contribution in [0.2, 0.25) is 5.02 Å². The highest BCUT2D eigenvalue weighted by atomic mass is 35.5. The molecule has 0 spiro atoms. The Morgan fingerprint density at radius 3 is 2.42 bits per heavy atom. The molecule has 31 heavy (non-hydrogen) atoms. The van der Waals surface area contributed by atoms with Crippen LogP contribution >= 0.6 is 11.6 Å². The number of oxime groups is 1. The Balaban J connectivity index is 1.57. The van der Waals surface area contributed by atoms with Crippen LogP contribution in [0.25, 0.3) is 0 Å². The van der Waals surface area contributed by atoms with Crippen molar-refractivity contribution >= 4 is 28.9 Å². The Morgan fingerprint density at radius 2 is 1.68 bits per heavy atom. The molecule has 0 N–H and O–H groups in total. The fourth-order valence-electron chi connectivity index (χ4n) is 3.29. The molecule has 0 aliphatic carbocycles. The van der Waals surface area contributed by atoms with Gasteiger partial charge in [0.05, 0.1) is 17.8 Å². The van der Waals surface area contributed by atoms with Gasteiger partial charge in [0.15, 0.2) is 5.71 Å². The van der Waals surface area contributed by atoms with Crippen LogP contribution in [0.3, 0.4) is 0 Å². The second kappa shape index (κ2) is 8.43. The molecule has 0 saturated heterocycles. The maximum atomic E-state index is 13.0. The van der Waals surface area contributed by atoms with E-state index in [4.69, 9.17) is 16.4 Å². The minimum absolute atomic E-state index is 0.0179. The van der Waals surface area contributed by atoms with E-state index in [0.717, 1.165) is 17.7 Å². The summed E-state index contributed by atoms with van der Waals surface area (Å²) in [6.07, 6.45) is -4.45. The van der Waals surface area contributed by atoms with Gasteiger partial charge >= 0.3 is 6.18 Å². The maximum Gasteiger partial charge on any atom is 0.416 e. The van der Waals surface area contributed by atoms with Crippen molar-refractivity contribution in [3.05, 3.63) is 100 Å². The summed E-state index contributed by atoms with van der Waals surface area (Å²) >= 11 is 5.86. The first kappa shape index (κ1) is 20.9. The average Bonchev–Trinajstić information content (AvgIpc) is 3.01. The number of amides is 1. The molecule has 4 rings (SSSR count). The number of carbonyl (C=O) groups excluding carboxylic acids is 1. The molecule has 0 unspecified atom stereocenters. The van der Waals surface area contributed by atoms with Crippen LogP contribution in [0.1, 0.15) is 22.3 Å². The zero-order chi connectivity index (χ0) is 22.0. The number of nitrogens with zero attached hydrogens (tertiary/aromatic N) is 2. The van der Waals surface area contributed by atoms with Gasteiger partial charge in [-0.25, -0.2) is 0 Å². The maximum absolute atomic E-state index is 13.0. The van der Waals surface area contributed by atoms with Crippen LogP contribution in [0.4, 0.5) is 18.9 Å². The molecule has 0 bridgehead atoms. The van der Waals surface area contributed by atoms with Crippen LogP contribution in [0.15, 0.2) is 78.0 Å². The number of rotatable bonds is 5. The molecule has 0 atom stereocenters. The number of carbonyl (C=O) groups is 1. The van der Waals surface area contributed by atoms with Gasteiger partial charge in [-0.3, -0.25) is 4.79 Å². The number of anilines is 1. The molecule has 3 aromatic rings. The quantitative estimate of drug-likeness (QED) is 0.465. The third-order valence-corrected chi connectivity index (χ3v) is 5.04. The van der Waals surface area contributed by atoms with E-state index in [9.17, 15) is 18.0 Å². The second-order valence-corrected chi connectivity index (χ2v) is 7.38. The van der Waals surface area contributed by atoms with Crippen LogP contribution < -0.4 is 4.90 Å². The number of alkyl halides is 3.